The van der Waals surface area contributed by atoms with Crippen molar-refractivity contribution >= 4 is 29.5 Å². The highest BCUT2D eigenvalue weighted by atomic mass is 32.1. The molecule has 0 bridgehead atoms. The Morgan fingerprint density at radius 2 is 2.00 bits per heavy atom. The van der Waals surface area contributed by atoms with Crippen LogP contribution in [-0.4, -0.2) is 16.1 Å². The zero-order chi connectivity index (χ0) is 12.3. The molecule has 0 aliphatic heterocycles. The van der Waals surface area contributed by atoms with Crippen molar-refractivity contribution < 1.29 is 14.3 Å². The van der Waals surface area contributed by atoms with Crippen LogP contribution in [0.25, 0.3) is 12.2 Å². The number of carbonyl (C=O) groups is 1. The highest BCUT2D eigenvalue weighted by molar-refractivity contribution is 7.11. The van der Waals surface area contributed by atoms with E-state index in [1.807, 2.05) is 0 Å². The summed E-state index contributed by atoms with van der Waals surface area (Å²) >= 11 is 1.07. The molecule has 17 heavy (non-hydrogen) atoms. The van der Waals surface area contributed by atoms with Gasteiger partial charge < -0.3 is 5.11 Å². The van der Waals surface area contributed by atoms with Crippen LogP contribution in [0.2, 0.25) is 0 Å². The molecule has 1 N–H and O–H groups in total. The topological polar surface area (TPSA) is 50.2 Å². The molecule has 0 aliphatic carbocycles. The van der Waals surface area contributed by atoms with E-state index >= 15 is 0 Å². The molecule has 2 aromatic rings. The fourth-order valence-corrected chi connectivity index (χ4v) is 1.90. The van der Waals surface area contributed by atoms with Crippen LogP contribution in [0.15, 0.2) is 29.8 Å². The highest BCUT2D eigenvalue weighted by Crippen LogP contribution is 2.16. The monoisotopic (exact) mass is 249 g/mol. The Hall–Kier alpha value is -2.01. The van der Waals surface area contributed by atoms with Crippen molar-refractivity contribution in [2.24, 2.45) is 0 Å². The summed E-state index contributed by atoms with van der Waals surface area (Å²) in [4.78, 5) is 15.0. The third-order valence-corrected chi connectivity index (χ3v) is 2.92. The number of hydrogen-bond acceptors (Lipinski definition) is 3. The van der Waals surface area contributed by atoms with Crippen LogP contribution >= 0.6 is 11.3 Å². The molecule has 86 valence electrons. The molecule has 0 radical (unpaired) electrons. The molecule has 0 saturated heterocycles. The highest BCUT2D eigenvalue weighted by Gasteiger charge is 2.10. The first kappa shape index (κ1) is 11.5. The van der Waals surface area contributed by atoms with E-state index in [2.05, 4.69) is 4.98 Å². The van der Waals surface area contributed by atoms with Crippen molar-refractivity contribution in [1.82, 2.24) is 4.98 Å². The van der Waals surface area contributed by atoms with Gasteiger partial charge in [0, 0.05) is 0 Å². The van der Waals surface area contributed by atoms with E-state index in [1.165, 1.54) is 17.6 Å². The molecule has 0 atom stereocenters. The fourth-order valence-electron chi connectivity index (χ4n) is 1.28. The Balaban J connectivity index is 2.23. The maximum Gasteiger partial charge on any atom is 0.348 e. The Kier molecular flexibility index (Phi) is 3.30. The van der Waals surface area contributed by atoms with Crippen LogP contribution in [0.3, 0.4) is 0 Å². The van der Waals surface area contributed by atoms with Crippen molar-refractivity contribution in [1.29, 1.82) is 0 Å². The van der Waals surface area contributed by atoms with Crippen LogP contribution < -0.4 is 0 Å². The predicted molar refractivity (Wildman–Crippen MR) is 64.4 cm³/mol. The van der Waals surface area contributed by atoms with Gasteiger partial charge >= 0.3 is 5.97 Å². The number of thiazole rings is 1. The number of hydrogen-bond donors (Lipinski definition) is 1. The number of aromatic carboxylic acids is 1. The second-order valence-electron chi connectivity index (χ2n) is 3.26. The van der Waals surface area contributed by atoms with Gasteiger partial charge in [-0.2, -0.15) is 0 Å². The Labute approximate surface area is 101 Å². The third kappa shape index (κ3) is 2.76. The number of halogens is 1. The molecule has 1 aromatic heterocycles. The summed E-state index contributed by atoms with van der Waals surface area (Å²) in [5.41, 5.74) is 2.68. The van der Waals surface area contributed by atoms with Crippen LogP contribution in [0, 0.1) is 5.82 Å². The number of rotatable bonds is 3. The lowest BCUT2D eigenvalue weighted by Gasteiger charge is -1.93. The largest absolute Gasteiger partial charge is 0.477 e. The van der Waals surface area contributed by atoms with Crippen LogP contribution in [0.1, 0.15) is 20.9 Å². The summed E-state index contributed by atoms with van der Waals surface area (Å²) in [5, 5.41) is 8.88. The average molecular weight is 249 g/mol. The molecular formula is C12H8FNO2S. The summed E-state index contributed by atoms with van der Waals surface area (Å²) in [6.45, 7) is 0. The molecule has 0 fully saturated rings. The lowest BCUT2D eigenvalue weighted by atomic mass is 10.2. The molecule has 1 aromatic carbocycles. The lowest BCUT2D eigenvalue weighted by molar-refractivity contribution is 0.0701. The van der Waals surface area contributed by atoms with Gasteiger partial charge in [-0.25, -0.2) is 14.2 Å². The number of carboxylic acid groups (broad SMARTS) is 1. The van der Waals surface area contributed by atoms with Gasteiger partial charge in [-0.05, 0) is 23.8 Å². The van der Waals surface area contributed by atoms with E-state index in [1.54, 1.807) is 24.3 Å². The number of aromatic nitrogens is 1. The normalized spacial score (nSPS) is 10.9. The lowest BCUT2D eigenvalue weighted by Crippen LogP contribution is -1.94. The van der Waals surface area contributed by atoms with Crippen molar-refractivity contribution in [3.63, 3.8) is 0 Å². The van der Waals surface area contributed by atoms with Gasteiger partial charge in [0.1, 0.15) is 10.7 Å². The van der Waals surface area contributed by atoms with E-state index in [4.69, 9.17) is 5.11 Å². The first-order chi connectivity index (χ1) is 8.16. The van der Waals surface area contributed by atoms with Crippen molar-refractivity contribution in [3.05, 3.63) is 51.7 Å². The van der Waals surface area contributed by atoms with Gasteiger partial charge in [-0.3, -0.25) is 0 Å². The van der Waals surface area contributed by atoms with Gasteiger partial charge in [-0.1, -0.05) is 18.2 Å². The first-order valence-corrected chi connectivity index (χ1v) is 5.65. The van der Waals surface area contributed by atoms with E-state index < -0.39 is 5.97 Å². The number of nitrogens with zero attached hydrogens (tertiary/aromatic N) is 1. The molecule has 0 unspecified atom stereocenters. The molecule has 0 amide bonds. The quantitative estimate of drug-likeness (QED) is 0.909. The van der Waals surface area contributed by atoms with Gasteiger partial charge in [0.05, 0.1) is 11.2 Å². The molecule has 0 saturated carbocycles. The van der Waals surface area contributed by atoms with E-state index in [0.717, 1.165) is 16.9 Å². The van der Waals surface area contributed by atoms with Crippen LogP contribution in [0.5, 0.6) is 0 Å². The summed E-state index contributed by atoms with van der Waals surface area (Å²) in [6.07, 6.45) is 3.30. The summed E-state index contributed by atoms with van der Waals surface area (Å²) < 4.78 is 12.7. The second kappa shape index (κ2) is 4.88. The van der Waals surface area contributed by atoms with Crippen LogP contribution in [0.4, 0.5) is 4.39 Å². The number of benzene rings is 1. The molecule has 0 spiro atoms. The Bertz CT molecular complexity index is 560. The summed E-state index contributed by atoms with van der Waals surface area (Å²) in [6, 6.07) is 5.91. The fraction of sp³-hybridized carbons (Fsp3) is 0. The molecule has 0 aliphatic rings. The minimum absolute atomic E-state index is 0.198. The minimum Gasteiger partial charge on any atom is -0.477 e. The molecule has 3 nitrogen and oxygen atoms in total. The van der Waals surface area contributed by atoms with Crippen molar-refractivity contribution in [2.45, 2.75) is 0 Å². The van der Waals surface area contributed by atoms with Gasteiger partial charge in [0.15, 0.2) is 0 Å². The first-order valence-electron chi connectivity index (χ1n) is 4.77. The predicted octanol–water partition coefficient (Wildman–Crippen LogP) is 3.15. The zero-order valence-corrected chi connectivity index (χ0v) is 9.45. The summed E-state index contributed by atoms with van der Waals surface area (Å²) in [7, 11) is 0. The van der Waals surface area contributed by atoms with Gasteiger partial charge in [-0.15, -0.1) is 11.3 Å². The third-order valence-electron chi connectivity index (χ3n) is 2.09. The maximum atomic E-state index is 12.7. The number of carboxylic acids is 1. The van der Waals surface area contributed by atoms with Crippen molar-refractivity contribution in [3.8, 4) is 0 Å². The minimum atomic E-state index is -0.994. The second-order valence-corrected chi connectivity index (χ2v) is 4.11. The van der Waals surface area contributed by atoms with E-state index in [9.17, 15) is 9.18 Å². The molecule has 1 heterocycles. The van der Waals surface area contributed by atoms with Gasteiger partial charge in [0.25, 0.3) is 0 Å². The standard InChI is InChI=1S/C12H8FNO2S/c13-9-4-1-8(2-5-9)3-6-10-11(12(15)16)17-7-14-10/h1-7H,(H,15,16)/b6-3+. The summed E-state index contributed by atoms with van der Waals surface area (Å²) in [5.74, 6) is -1.30. The van der Waals surface area contributed by atoms with Gasteiger partial charge in [0.2, 0.25) is 0 Å². The Morgan fingerprint density at radius 1 is 1.29 bits per heavy atom. The van der Waals surface area contributed by atoms with E-state index in [0.29, 0.717) is 5.69 Å². The SMILES string of the molecule is O=C(O)c1scnc1/C=C/c1ccc(F)cc1. The van der Waals surface area contributed by atoms with Crippen molar-refractivity contribution in [2.75, 3.05) is 0 Å². The van der Waals surface area contributed by atoms with Crippen LogP contribution in [-0.2, 0) is 0 Å². The smallest absolute Gasteiger partial charge is 0.348 e. The maximum absolute atomic E-state index is 12.7. The zero-order valence-electron chi connectivity index (χ0n) is 8.63. The molecule has 5 heteroatoms. The molecular weight excluding hydrogens is 241 g/mol. The average Bonchev–Trinajstić information content (AvgIpc) is 2.76. The molecule has 2 rings (SSSR count). The Morgan fingerprint density at radius 3 is 2.65 bits per heavy atom. The van der Waals surface area contributed by atoms with E-state index in [-0.39, 0.29) is 10.7 Å².